The van der Waals surface area contributed by atoms with Gasteiger partial charge in [0.25, 0.3) is 0 Å². The zero-order chi connectivity index (χ0) is 12.6. The maximum Gasteiger partial charge on any atom is 0.0706 e. The van der Waals surface area contributed by atoms with E-state index in [1.807, 2.05) is 12.1 Å². The smallest absolute Gasteiger partial charge is 0.0706 e. The van der Waals surface area contributed by atoms with Crippen molar-refractivity contribution in [1.82, 2.24) is 5.32 Å². The van der Waals surface area contributed by atoms with Crippen LogP contribution in [0.5, 0.6) is 0 Å². The quantitative estimate of drug-likeness (QED) is 0.817. The molecule has 3 atom stereocenters. The van der Waals surface area contributed by atoms with Gasteiger partial charge in [-0.1, -0.05) is 36.6 Å². The zero-order valence-corrected chi connectivity index (χ0v) is 11.3. The number of fused-ring (bicyclic) bond motifs is 1. The van der Waals surface area contributed by atoms with Gasteiger partial charge in [-0.05, 0) is 43.5 Å². The summed E-state index contributed by atoms with van der Waals surface area (Å²) in [4.78, 5) is 0. The van der Waals surface area contributed by atoms with Crippen molar-refractivity contribution in [2.75, 3.05) is 6.54 Å². The molecule has 2 nitrogen and oxygen atoms in total. The van der Waals surface area contributed by atoms with Crippen molar-refractivity contribution in [3.05, 3.63) is 34.9 Å². The van der Waals surface area contributed by atoms with Gasteiger partial charge < -0.3 is 10.4 Å². The molecule has 0 aromatic heterocycles. The Morgan fingerprint density at radius 2 is 1.94 bits per heavy atom. The molecule has 98 valence electrons. The number of halogens is 1. The van der Waals surface area contributed by atoms with Crippen molar-refractivity contribution in [1.29, 1.82) is 0 Å². The minimum atomic E-state index is -0.451. The Balaban J connectivity index is 1.88. The lowest BCUT2D eigenvalue weighted by molar-refractivity contribution is -0.0861. The van der Waals surface area contributed by atoms with Gasteiger partial charge in [0.05, 0.1) is 5.60 Å². The Bertz CT molecular complexity index is 415. The molecule has 0 spiro atoms. The van der Waals surface area contributed by atoms with Crippen molar-refractivity contribution in [2.24, 2.45) is 5.92 Å². The maximum atomic E-state index is 10.8. The molecule has 0 unspecified atom stereocenters. The van der Waals surface area contributed by atoms with Gasteiger partial charge in [0.2, 0.25) is 0 Å². The molecule has 1 heterocycles. The first-order valence-corrected chi connectivity index (χ1v) is 7.28. The largest absolute Gasteiger partial charge is 0.389 e. The number of hydrogen-bond donors (Lipinski definition) is 2. The Morgan fingerprint density at radius 3 is 2.72 bits per heavy atom. The second kappa shape index (κ2) is 4.84. The van der Waals surface area contributed by atoms with Gasteiger partial charge in [-0.15, -0.1) is 0 Å². The molecule has 18 heavy (non-hydrogen) atoms. The van der Waals surface area contributed by atoms with E-state index in [0.29, 0.717) is 5.92 Å². The molecule has 1 aromatic rings. The zero-order valence-electron chi connectivity index (χ0n) is 10.5. The third-order valence-electron chi connectivity index (χ3n) is 4.62. The van der Waals surface area contributed by atoms with E-state index in [-0.39, 0.29) is 6.04 Å². The Morgan fingerprint density at radius 1 is 1.17 bits per heavy atom. The number of nitrogens with one attached hydrogen (secondary N) is 1. The highest BCUT2D eigenvalue weighted by Crippen LogP contribution is 2.45. The van der Waals surface area contributed by atoms with Crippen LogP contribution in [0.25, 0.3) is 0 Å². The Kier molecular flexibility index (Phi) is 3.35. The maximum absolute atomic E-state index is 10.8. The molecule has 1 aliphatic carbocycles. The average Bonchev–Trinajstić information content (AvgIpc) is 2.38. The van der Waals surface area contributed by atoms with Crippen LogP contribution in [0.3, 0.4) is 0 Å². The van der Waals surface area contributed by atoms with Gasteiger partial charge in [-0.2, -0.15) is 0 Å². The Hall–Kier alpha value is -0.570. The highest BCUT2D eigenvalue weighted by molar-refractivity contribution is 6.30. The SMILES string of the molecule is O[C@@]12CCCC[C@@H]1[C@@H](c1ccc(Cl)cc1)NCC2. The molecule has 0 bridgehead atoms. The minimum Gasteiger partial charge on any atom is -0.389 e. The van der Waals surface area contributed by atoms with E-state index in [4.69, 9.17) is 11.6 Å². The number of benzene rings is 1. The summed E-state index contributed by atoms with van der Waals surface area (Å²) in [7, 11) is 0. The molecular weight excluding hydrogens is 246 g/mol. The minimum absolute atomic E-state index is 0.279. The van der Waals surface area contributed by atoms with Crippen LogP contribution in [0, 0.1) is 5.92 Å². The first-order valence-electron chi connectivity index (χ1n) is 6.90. The molecular formula is C15H20ClNO. The highest BCUT2D eigenvalue weighted by Gasteiger charge is 2.45. The molecule has 2 fully saturated rings. The molecule has 1 saturated carbocycles. The summed E-state index contributed by atoms with van der Waals surface area (Å²) in [5.41, 5.74) is 0.804. The summed E-state index contributed by atoms with van der Waals surface area (Å²) >= 11 is 5.95. The van der Waals surface area contributed by atoms with E-state index in [9.17, 15) is 5.11 Å². The number of rotatable bonds is 1. The Labute approximate surface area is 113 Å². The van der Waals surface area contributed by atoms with Crippen LogP contribution in [0.4, 0.5) is 0 Å². The van der Waals surface area contributed by atoms with Crippen LogP contribution in [0.1, 0.15) is 43.7 Å². The number of piperidine rings is 1. The molecule has 1 aromatic carbocycles. The average molecular weight is 266 g/mol. The fourth-order valence-corrected chi connectivity index (χ4v) is 3.77. The van der Waals surface area contributed by atoms with E-state index in [1.165, 1.54) is 18.4 Å². The van der Waals surface area contributed by atoms with Crippen molar-refractivity contribution >= 4 is 11.6 Å². The topological polar surface area (TPSA) is 32.3 Å². The van der Waals surface area contributed by atoms with Crippen molar-refractivity contribution in [3.63, 3.8) is 0 Å². The van der Waals surface area contributed by atoms with Gasteiger partial charge in [0.15, 0.2) is 0 Å². The van der Waals surface area contributed by atoms with E-state index >= 15 is 0 Å². The predicted octanol–water partition coefficient (Wildman–Crippen LogP) is 3.30. The summed E-state index contributed by atoms with van der Waals surface area (Å²) in [6, 6.07) is 8.33. The molecule has 3 heteroatoms. The van der Waals surface area contributed by atoms with Gasteiger partial charge in [-0.25, -0.2) is 0 Å². The molecule has 1 aliphatic heterocycles. The third kappa shape index (κ3) is 2.18. The van der Waals surface area contributed by atoms with E-state index < -0.39 is 5.60 Å². The summed E-state index contributed by atoms with van der Waals surface area (Å²) < 4.78 is 0. The van der Waals surface area contributed by atoms with Crippen molar-refractivity contribution < 1.29 is 5.11 Å². The fourth-order valence-electron chi connectivity index (χ4n) is 3.64. The summed E-state index contributed by atoms with van der Waals surface area (Å²) in [5.74, 6) is 0.348. The molecule has 0 radical (unpaired) electrons. The molecule has 2 aliphatic rings. The normalized spacial score (nSPS) is 36.1. The van der Waals surface area contributed by atoms with Crippen LogP contribution in [-0.4, -0.2) is 17.3 Å². The van der Waals surface area contributed by atoms with Crippen molar-refractivity contribution in [3.8, 4) is 0 Å². The summed E-state index contributed by atoms with van der Waals surface area (Å²) in [5, 5.41) is 15.2. The van der Waals surface area contributed by atoms with Gasteiger partial charge in [0.1, 0.15) is 0 Å². The van der Waals surface area contributed by atoms with Gasteiger partial charge in [-0.3, -0.25) is 0 Å². The summed E-state index contributed by atoms with van der Waals surface area (Å²) in [6.45, 7) is 0.903. The standard InChI is InChI=1S/C15H20ClNO/c16-12-6-4-11(5-7-12)14-13-3-1-2-8-15(13,18)9-10-17-14/h4-7,13-14,17-18H,1-3,8-10H2/t13-,14-,15-/m1/s1. The lowest BCUT2D eigenvalue weighted by Crippen LogP contribution is -2.53. The van der Waals surface area contributed by atoms with Crippen LogP contribution in [0.2, 0.25) is 5.02 Å². The third-order valence-corrected chi connectivity index (χ3v) is 4.87. The van der Waals surface area contributed by atoms with E-state index in [2.05, 4.69) is 17.4 Å². The van der Waals surface area contributed by atoms with Crippen LogP contribution >= 0.6 is 11.6 Å². The first kappa shape index (κ1) is 12.5. The van der Waals surface area contributed by atoms with Crippen LogP contribution < -0.4 is 5.32 Å². The van der Waals surface area contributed by atoms with Crippen LogP contribution in [-0.2, 0) is 0 Å². The predicted molar refractivity (Wildman–Crippen MR) is 73.7 cm³/mol. The molecule has 3 rings (SSSR count). The van der Waals surface area contributed by atoms with Crippen LogP contribution in [0.15, 0.2) is 24.3 Å². The second-order valence-electron chi connectivity index (χ2n) is 5.69. The lowest BCUT2D eigenvalue weighted by Gasteiger charge is -2.48. The second-order valence-corrected chi connectivity index (χ2v) is 6.13. The fraction of sp³-hybridized carbons (Fsp3) is 0.600. The first-order chi connectivity index (χ1) is 8.69. The van der Waals surface area contributed by atoms with Crippen molar-refractivity contribution in [2.45, 2.75) is 43.7 Å². The monoisotopic (exact) mass is 265 g/mol. The highest BCUT2D eigenvalue weighted by atomic mass is 35.5. The van der Waals surface area contributed by atoms with Gasteiger partial charge >= 0.3 is 0 Å². The number of aliphatic hydroxyl groups is 1. The molecule has 2 N–H and O–H groups in total. The molecule has 1 saturated heterocycles. The van der Waals surface area contributed by atoms with E-state index in [0.717, 1.165) is 30.8 Å². The summed E-state index contributed by atoms with van der Waals surface area (Å²) in [6.07, 6.45) is 5.38. The van der Waals surface area contributed by atoms with Gasteiger partial charge in [0, 0.05) is 17.0 Å². The van der Waals surface area contributed by atoms with E-state index in [1.54, 1.807) is 0 Å². The lowest BCUT2D eigenvalue weighted by atomic mass is 9.67. The number of hydrogen-bond acceptors (Lipinski definition) is 2. The molecule has 0 amide bonds.